The molecule has 1 heterocycles. The summed E-state index contributed by atoms with van der Waals surface area (Å²) in [6, 6.07) is 23.0. The van der Waals surface area contributed by atoms with Crippen molar-refractivity contribution in [3.05, 3.63) is 95.6 Å². The average Bonchev–Trinajstić information content (AvgIpc) is 2.69. The smallest absolute Gasteiger partial charge is 0.279 e. The van der Waals surface area contributed by atoms with Gasteiger partial charge in [0, 0.05) is 18.3 Å². The Morgan fingerprint density at radius 3 is 2.56 bits per heavy atom. The molecule has 1 amide bonds. The summed E-state index contributed by atoms with van der Waals surface area (Å²) >= 11 is 0. The highest BCUT2D eigenvalue weighted by atomic mass is 16.5. The fourth-order valence-corrected chi connectivity index (χ4v) is 2.63. The van der Waals surface area contributed by atoms with Gasteiger partial charge in [-0.05, 0) is 41.8 Å². The van der Waals surface area contributed by atoms with Crippen molar-refractivity contribution in [3.8, 4) is 5.75 Å². The van der Waals surface area contributed by atoms with Crippen LogP contribution in [0.2, 0.25) is 0 Å². The monoisotopic (exact) mass is 360 g/mol. The van der Waals surface area contributed by atoms with Crippen molar-refractivity contribution >= 4 is 5.91 Å². The topological polar surface area (TPSA) is 43.6 Å². The molecule has 0 saturated carbocycles. The second kappa shape index (κ2) is 8.99. The Morgan fingerprint density at radius 1 is 1.00 bits per heavy atom. The van der Waals surface area contributed by atoms with E-state index in [1.165, 1.54) is 0 Å². The minimum atomic E-state index is -0.280. The van der Waals surface area contributed by atoms with Gasteiger partial charge < -0.3 is 9.30 Å². The number of benzene rings is 2. The SMILES string of the molecule is CC(C)COc1cccc(C(=O)N=c2ccccn2Cc2ccccc2)c1. The zero-order valence-corrected chi connectivity index (χ0v) is 15.7. The molecular formula is C23H24N2O2. The van der Waals surface area contributed by atoms with Gasteiger partial charge in [0.15, 0.2) is 0 Å². The first-order chi connectivity index (χ1) is 13.1. The van der Waals surface area contributed by atoms with Crippen LogP contribution in [-0.2, 0) is 6.54 Å². The summed E-state index contributed by atoms with van der Waals surface area (Å²) in [5, 5.41) is 0. The van der Waals surface area contributed by atoms with Crippen LogP contribution in [0.3, 0.4) is 0 Å². The number of hydrogen-bond acceptors (Lipinski definition) is 2. The molecule has 0 saturated heterocycles. The van der Waals surface area contributed by atoms with E-state index in [2.05, 4.69) is 31.0 Å². The lowest BCUT2D eigenvalue weighted by Crippen LogP contribution is -2.22. The molecule has 4 nitrogen and oxygen atoms in total. The molecule has 27 heavy (non-hydrogen) atoms. The fourth-order valence-electron chi connectivity index (χ4n) is 2.63. The molecule has 2 aromatic carbocycles. The van der Waals surface area contributed by atoms with Gasteiger partial charge in [0.05, 0.1) is 6.61 Å². The molecule has 0 N–H and O–H groups in total. The quantitative estimate of drug-likeness (QED) is 0.657. The van der Waals surface area contributed by atoms with Crippen molar-refractivity contribution in [1.82, 2.24) is 4.57 Å². The third kappa shape index (κ3) is 5.42. The fraction of sp³-hybridized carbons (Fsp3) is 0.217. The van der Waals surface area contributed by atoms with Crippen molar-refractivity contribution in [2.45, 2.75) is 20.4 Å². The van der Waals surface area contributed by atoms with Crippen molar-refractivity contribution in [1.29, 1.82) is 0 Å². The minimum Gasteiger partial charge on any atom is -0.493 e. The molecule has 0 spiro atoms. The van der Waals surface area contributed by atoms with E-state index in [0.29, 0.717) is 35.9 Å². The number of pyridine rings is 1. The molecule has 0 fully saturated rings. The van der Waals surface area contributed by atoms with E-state index in [9.17, 15) is 4.79 Å². The van der Waals surface area contributed by atoms with Crippen LogP contribution in [0.4, 0.5) is 0 Å². The second-order valence-electron chi connectivity index (χ2n) is 6.82. The van der Waals surface area contributed by atoms with Crippen LogP contribution in [-0.4, -0.2) is 17.1 Å². The Morgan fingerprint density at radius 2 is 1.78 bits per heavy atom. The van der Waals surface area contributed by atoms with Crippen LogP contribution in [0.1, 0.15) is 29.8 Å². The predicted molar refractivity (Wildman–Crippen MR) is 107 cm³/mol. The molecular weight excluding hydrogens is 336 g/mol. The first-order valence-electron chi connectivity index (χ1n) is 9.13. The summed E-state index contributed by atoms with van der Waals surface area (Å²) in [5.41, 5.74) is 2.30. The van der Waals surface area contributed by atoms with Crippen molar-refractivity contribution in [2.24, 2.45) is 10.9 Å². The van der Waals surface area contributed by atoms with E-state index in [1.54, 1.807) is 12.1 Å². The molecule has 0 bridgehead atoms. The van der Waals surface area contributed by atoms with Crippen LogP contribution in [0, 0.1) is 5.92 Å². The van der Waals surface area contributed by atoms with Crippen molar-refractivity contribution in [2.75, 3.05) is 6.61 Å². The molecule has 3 rings (SSSR count). The van der Waals surface area contributed by atoms with Crippen molar-refractivity contribution in [3.63, 3.8) is 0 Å². The molecule has 3 aromatic rings. The maximum absolute atomic E-state index is 12.7. The number of carbonyl (C=O) groups excluding carboxylic acids is 1. The number of hydrogen-bond donors (Lipinski definition) is 0. The number of amides is 1. The Bertz CT molecular complexity index is 959. The van der Waals surface area contributed by atoms with Gasteiger partial charge in [-0.2, -0.15) is 4.99 Å². The summed E-state index contributed by atoms with van der Waals surface area (Å²) in [4.78, 5) is 17.0. The third-order valence-corrected chi connectivity index (χ3v) is 3.99. The largest absolute Gasteiger partial charge is 0.493 e. The highest BCUT2D eigenvalue weighted by Gasteiger charge is 2.07. The predicted octanol–water partition coefficient (Wildman–Crippen LogP) is 4.31. The van der Waals surface area contributed by atoms with E-state index >= 15 is 0 Å². The van der Waals surface area contributed by atoms with Crippen LogP contribution >= 0.6 is 0 Å². The maximum Gasteiger partial charge on any atom is 0.279 e. The van der Waals surface area contributed by atoms with E-state index in [0.717, 1.165) is 5.56 Å². The van der Waals surface area contributed by atoms with E-state index in [-0.39, 0.29) is 5.91 Å². The highest BCUT2D eigenvalue weighted by molar-refractivity contribution is 5.95. The third-order valence-electron chi connectivity index (χ3n) is 3.99. The summed E-state index contributed by atoms with van der Waals surface area (Å²) in [6.45, 7) is 5.45. The van der Waals surface area contributed by atoms with Gasteiger partial charge in [0.2, 0.25) is 0 Å². The van der Waals surface area contributed by atoms with E-state index in [4.69, 9.17) is 4.74 Å². The zero-order valence-electron chi connectivity index (χ0n) is 15.7. The van der Waals surface area contributed by atoms with Crippen LogP contribution < -0.4 is 10.2 Å². The Kier molecular flexibility index (Phi) is 6.21. The van der Waals surface area contributed by atoms with Gasteiger partial charge >= 0.3 is 0 Å². The summed E-state index contributed by atoms with van der Waals surface area (Å²) in [7, 11) is 0. The van der Waals surface area contributed by atoms with Gasteiger partial charge in [0.1, 0.15) is 11.2 Å². The van der Waals surface area contributed by atoms with Crippen LogP contribution in [0.5, 0.6) is 5.75 Å². The number of nitrogens with zero attached hydrogens (tertiary/aromatic N) is 2. The number of rotatable bonds is 6. The molecule has 0 unspecified atom stereocenters. The Labute approximate surface area is 159 Å². The van der Waals surface area contributed by atoms with Gasteiger partial charge in [0.25, 0.3) is 5.91 Å². The number of ether oxygens (including phenoxy) is 1. The van der Waals surface area contributed by atoms with Gasteiger partial charge in [-0.15, -0.1) is 0 Å². The van der Waals surface area contributed by atoms with Crippen molar-refractivity contribution < 1.29 is 9.53 Å². The molecule has 0 aliphatic carbocycles. The zero-order chi connectivity index (χ0) is 19.1. The molecule has 0 radical (unpaired) electrons. The number of aromatic nitrogens is 1. The standard InChI is InChI=1S/C23H24N2O2/c1-18(2)17-27-21-12-8-11-20(15-21)23(26)24-22-13-6-7-14-25(22)16-19-9-4-3-5-10-19/h3-15,18H,16-17H2,1-2H3. The van der Waals surface area contributed by atoms with Gasteiger partial charge in [-0.3, -0.25) is 4.79 Å². The summed E-state index contributed by atoms with van der Waals surface area (Å²) in [6.07, 6.45) is 1.93. The lowest BCUT2D eigenvalue weighted by molar-refractivity contribution is 0.0996. The molecule has 4 heteroatoms. The maximum atomic E-state index is 12.7. The van der Waals surface area contributed by atoms with Crippen LogP contribution in [0.15, 0.2) is 84.0 Å². The lowest BCUT2D eigenvalue weighted by atomic mass is 10.2. The second-order valence-corrected chi connectivity index (χ2v) is 6.82. The summed E-state index contributed by atoms with van der Waals surface area (Å²) < 4.78 is 7.68. The molecule has 1 aromatic heterocycles. The average molecular weight is 360 g/mol. The van der Waals surface area contributed by atoms with Crippen LogP contribution in [0.25, 0.3) is 0 Å². The lowest BCUT2D eigenvalue weighted by Gasteiger charge is -2.09. The summed E-state index contributed by atoms with van der Waals surface area (Å²) in [5.74, 6) is 0.836. The molecule has 0 aliphatic rings. The minimum absolute atomic E-state index is 0.280. The first-order valence-corrected chi connectivity index (χ1v) is 9.13. The highest BCUT2D eigenvalue weighted by Crippen LogP contribution is 2.15. The van der Waals surface area contributed by atoms with E-state index < -0.39 is 0 Å². The molecule has 0 atom stereocenters. The number of carbonyl (C=O) groups is 1. The van der Waals surface area contributed by atoms with E-state index in [1.807, 2.05) is 59.3 Å². The normalized spacial score (nSPS) is 11.6. The molecule has 138 valence electrons. The van der Waals surface area contributed by atoms with Gasteiger partial charge in [-0.25, -0.2) is 0 Å². The Hall–Kier alpha value is -3.14. The molecule has 0 aliphatic heterocycles. The Balaban J connectivity index is 1.84. The first kappa shape index (κ1) is 18.6. The van der Waals surface area contributed by atoms with Gasteiger partial charge in [-0.1, -0.05) is 56.3 Å².